The number of piperidine rings is 1. The number of sulfonamides is 1. The van der Waals surface area contributed by atoms with Crippen LogP contribution < -0.4 is 0 Å². The predicted molar refractivity (Wildman–Crippen MR) is 140 cm³/mol. The van der Waals surface area contributed by atoms with E-state index in [4.69, 9.17) is 0 Å². The Bertz CT molecular complexity index is 1710. The van der Waals surface area contributed by atoms with E-state index in [-0.39, 0.29) is 41.1 Å². The van der Waals surface area contributed by atoms with Crippen LogP contribution in [0.2, 0.25) is 0 Å². The van der Waals surface area contributed by atoms with Crippen LogP contribution in [0.5, 0.6) is 0 Å². The van der Waals surface area contributed by atoms with Gasteiger partial charge in [-0.1, -0.05) is 12.1 Å². The quantitative estimate of drug-likeness (QED) is 0.354. The third-order valence-electron chi connectivity index (χ3n) is 7.89. The molecule has 10 heteroatoms. The van der Waals surface area contributed by atoms with Gasteiger partial charge in [-0.05, 0) is 85.3 Å². The van der Waals surface area contributed by atoms with Gasteiger partial charge in [-0.2, -0.15) is 14.7 Å². The highest BCUT2D eigenvalue weighted by molar-refractivity contribution is 7.89. The van der Waals surface area contributed by atoms with Crippen LogP contribution in [0.25, 0.3) is 5.69 Å². The summed E-state index contributed by atoms with van der Waals surface area (Å²) in [6.07, 6.45) is 4.55. The van der Waals surface area contributed by atoms with Crippen molar-refractivity contribution >= 4 is 15.8 Å². The Balaban J connectivity index is 1.42. The molecule has 39 heavy (non-hydrogen) atoms. The first kappa shape index (κ1) is 25.1. The zero-order valence-electron chi connectivity index (χ0n) is 20.9. The lowest BCUT2D eigenvalue weighted by Crippen LogP contribution is -2.57. The van der Waals surface area contributed by atoms with Gasteiger partial charge in [-0.3, -0.25) is 9.78 Å². The lowest BCUT2D eigenvalue weighted by atomic mass is 9.60. The van der Waals surface area contributed by atoms with Gasteiger partial charge in [0.15, 0.2) is 5.78 Å². The van der Waals surface area contributed by atoms with Gasteiger partial charge >= 0.3 is 0 Å². The number of halogens is 1. The number of carbonyl (C=O) groups is 1. The summed E-state index contributed by atoms with van der Waals surface area (Å²) in [4.78, 5) is 18.5. The van der Waals surface area contributed by atoms with Crippen LogP contribution in [-0.2, 0) is 22.9 Å². The lowest BCUT2D eigenvalue weighted by molar-refractivity contribution is 0.0394. The predicted octanol–water partition coefficient (Wildman–Crippen LogP) is 3.96. The van der Waals surface area contributed by atoms with Crippen molar-refractivity contribution in [2.24, 2.45) is 11.3 Å². The Morgan fingerprint density at radius 3 is 2.67 bits per heavy atom. The summed E-state index contributed by atoms with van der Waals surface area (Å²) in [7, 11) is -3.97. The van der Waals surface area contributed by atoms with Gasteiger partial charge in [0.25, 0.3) is 0 Å². The van der Waals surface area contributed by atoms with Gasteiger partial charge in [-0.15, -0.1) is 0 Å². The molecule has 1 aliphatic carbocycles. The van der Waals surface area contributed by atoms with E-state index < -0.39 is 15.4 Å². The van der Waals surface area contributed by atoms with Crippen LogP contribution in [0.15, 0.2) is 84.0 Å². The largest absolute Gasteiger partial charge is 0.292 e. The molecule has 0 saturated carbocycles. The number of nitrogens with zero attached hydrogens (tertiary/aromatic N) is 5. The highest BCUT2D eigenvalue weighted by Crippen LogP contribution is 2.48. The van der Waals surface area contributed by atoms with Gasteiger partial charge in [0.05, 0.1) is 33.8 Å². The second kappa shape index (κ2) is 9.52. The monoisotopic (exact) mass is 541 g/mol. The second-order valence-electron chi connectivity index (χ2n) is 10.0. The zero-order valence-corrected chi connectivity index (χ0v) is 21.7. The van der Waals surface area contributed by atoms with Crippen molar-refractivity contribution in [3.05, 3.63) is 107 Å². The molecule has 0 amide bonds. The van der Waals surface area contributed by atoms with Gasteiger partial charge in [0.1, 0.15) is 11.5 Å². The van der Waals surface area contributed by atoms with Crippen molar-refractivity contribution in [3.8, 4) is 11.8 Å². The van der Waals surface area contributed by atoms with E-state index in [9.17, 15) is 22.9 Å². The summed E-state index contributed by atoms with van der Waals surface area (Å²) >= 11 is 0. The van der Waals surface area contributed by atoms with Crippen LogP contribution in [0.1, 0.15) is 33.7 Å². The molecule has 6 rings (SSSR count). The van der Waals surface area contributed by atoms with Crippen LogP contribution in [0.4, 0.5) is 4.39 Å². The van der Waals surface area contributed by atoms with Crippen molar-refractivity contribution in [1.82, 2.24) is 19.1 Å². The van der Waals surface area contributed by atoms with Crippen molar-refractivity contribution in [2.45, 2.75) is 24.2 Å². The summed E-state index contributed by atoms with van der Waals surface area (Å²) in [5, 5.41) is 13.8. The van der Waals surface area contributed by atoms with Crippen LogP contribution in [0, 0.1) is 28.5 Å². The number of rotatable bonds is 5. The molecule has 2 unspecified atom stereocenters. The number of benzene rings is 2. The van der Waals surface area contributed by atoms with Crippen LogP contribution in [-0.4, -0.2) is 46.4 Å². The minimum absolute atomic E-state index is 0.00659. The summed E-state index contributed by atoms with van der Waals surface area (Å²) in [6.45, 7) is 0.231. The molecule has 4 aromatic rings. The average Bonchev–Trinajstić information content (AvgIpc) is 3.38. The molecule has 3 heterocycles. The van der Waals surface area contributed by atoms with Crippen LogP contribution >= 0.6 is 0 Å². The minimum Gasteiger partial charge on any atom is -0.292 e. The molecule has 2 aromatic heterocycles. The smallest absolute Gasteiger partial charge is 0.243 e. The SMILES string of the molecule is N#Cc1cccc(S(=O)(=O)N2CCC3Cc4c(cnn4-c4ccc(F)cc4)CC3(C(=O)c3ccccn3)C2)c1. The maximum Gasteiger partial charge on any atom is 0.243 e. The number of hydrogen-bond acceptors (Lipinski definition) is 6. The highest BCUT2D eigenvalue weighted by Gasteiger charge is 2.54. The summed E-state index contributed by atoms with van der Waals surface area (Å²) in [5.41, 5.74) is 2.01. The van der Waals surface area contributed by atoms with Crippen LogP contribution in [0.3, 0.4) is 0 Å². The van der Waals surface area contributed by atoms with Gasteiger partial charge in [0.2, 0.25) is 10.0 Å². The number of pyridine rings is 1. The van der Waals surface area contributed by atoms with E-state index in [1.54, 1.807) is 59.5 Å². The molecule has 1 saturated heterocycles. The Kier molecular flexibility index (Phi) is 6.13. The molecule has 8 nitrogen and oxygen atoms in total. The second-order valence-corrected chi connectivity index (χ2v) is 12.0. The molecular formula is C29H24FN5O3S. The molecular weight excluding hydrogens is 517 g/mol. The molecule has 0 bridgehead atoms. The Morgan fingerprint density at radius 1 is 1.10 bits per heavy atom. The van der Waals surface area contributed by atoms with Crippen molar-refractivity contribution in [3.63, 3.8) is 0 Å². The van der Waals surface area contributed by atoms with Gasteiger partial charge in [-0.25, -0.2) is 17.5 Å². The fourth-order valence-electron chi connectivity index (χ4n) is 5.92. The highest BCUT2D eigenvalue weighted by atomic mass is 32.2. The van der Waals surface area contributed by atoms with E-state index in [0.717, 1.165) is 16.9 Å². The first-order chi connectivity index (χ1) is 18.8. The summed E-state index contributed by atoms with van der Waals surface area (Å²) in [6, 6.07) is 19.2. The third kappa shape index (κ3) is 4.24. The maximum atomic E-state index is 14.2. The first-order valence-corrected chi connectivity index (χ1v) is 14.0. The standard InChI is InChI=1S/C29H24FN5O3S/c30-23-7-9-24(10-8-23)35-27-15-22-11-13-34(39(37,38)25-5-3-4-20(14-25)17-31)19-29(22,16-21(27)18-33-35)28(36)26-6-1-2-12-32-26/h1-10,12,14,18,22H,11,13,15-16,19H2. The Morgan fingerprint density at radius 2 is 1.92 bits per heavy atom. The number of Topliss-reactive ketones (excluding diaryl/α,β-unsaturated/α-hetero) is 1. The minimum atomic E-state index is -3.97. The van der Waals surface area contributed by atoms with Crippen molar-refractivity contribution < 1.29 is 17.6 Å². The molecule has 2 aliphatic rings. The zero-order chi connectivity index (χ0) is 27.2. The van der Waals surface area contributed by atoms with Crippen molar-refractivity contribution in [2.75, 3.05) is 13.1 Å². The number of fused-ring (bicyclic) bond motifs is 2. The number of ketones is 1. The normalized spacial score (nSPS) is 21.0. The first-order valence-electron chi connectivity index (χ1n) is 12.6. The topological polar surface area (TPSA) is 109 Å². The summed E-state index contributed by atoms with van der Waals surface area (Å²) in [5.74, 6) is -0.695. The molecule has 196 valence electrons. The van der Waals surface area contributed by atoms with E-state index >= 15 is 0 Å². The molecule has 1 aliphatic heterocycles. The van der Waals surface area contributed by atoms with E-state index in [0.29, 0.717) is 25.0 Å². The molecule has 0 radical (unpaired) electrons. The molecule has 2 atom stereocenters. The lowest BCUT2D eigenvalue weighted by Gasteiger charge is -2.49. The molecule has 2 aromatic carbocycles. The average molecular weight is 542 g/mol. The van der Waals surface area contributed by atoms with E-state index in [2.05, 4.69) is 10.1 Å². The fraction of sp³-hybridized carbons (Fsp3) is 0.241. The van der Waals surface area contributed by atoms with Gasteiger partial charge < -0.3 is 0 Å². The van der Waals surface area contributed by atoms with E-state index in [1.165, 1.54) is 28.6 Å². The number of carbonyl (C=O) groups excluding carboxylic acids is 1. The van der Waals surface area contributed by atoms with E-state index in [1.807, 2.05) is 6.07 Å². The molecule has 0 spiro atoms. The fourth-order valence-corrected chi connectivity index (χ4v) is 7.49. The van der Waals surface area contributed by atoms with Crippen molar-refractivity contribution in [1.29, 1.82) is 5.26 Å². The Hall–Kier alpha value is -4.20. The molecule has 0 N–H and O–H groups in total. The maximum absolute atomic E-state index is 14.2. The number of aromatic nitrogens is 3. The number of hydrogen-bond donors (Lipinski definition) is 0. The van der Waals surface area contributed by atoms with Gasteiger partial charge in [0, 0.05) is 25.0 Å². The summed E-state index contributed by atoms with van der Waals surface area (Å²) < 4.78 is 44.2. The number of nitriles is 1. The molecule has 1 fully saturated rings. The Labute approximate surface area is 225 Å². The third-order valence-corrected chi connectivity index (χ3v) is 9.73.